The molecule has 0 unspecified atom stereocenters. The van der Waals surface area contributed by atoms with Crippen molar-refractivity contribution in [2.75, 3.05) is 51.0 Å². The maximum Gasteiger partial charge on any atom is 0.223 e. The number of ether oxygens (including phenoxy) is 2. The smallest absolute Gasteiger partial charge is 0.223 e. The number of carbonyl (C=O) groups excluding carboxylic acids is 2. The zero-order valence-electron chi connectivity index (χ0n) is 17.4. The molecule has 0 saturated carbocycles. The first-order chi connectivity index (χ1) is 13.5. The molecule has 6 heteroatoms. The highest BCUT2D eigenvalue weighted by Crippen LogP contribution is 2.24. The van der Waals surface area contributed by atoms with E-state index in [1.165, 1.54) is 0 Å². The van der Waals surface area contributed by atoms with E-state index in [0.717, 1.165) is 37.2 Å². The number of Topliss-reactive ketones (excluding diaryl/α,β-unsaturated/α-hetero) is 1. The number of carbonyl (C=O) groups is 2. The lowest BCUT2D eigenvalue weighted by Crippen LogP contribution is -2.41. The van der Waals surface area contributed by atoms with Gasteiger partial charge in [-0.2, -0.15) is 0 Å². The van der Waals surface area contributed by atoms with E-state index < -0.39 is 0 Å². The molecule has 0 aliphatic carbocycles. The summed E-state index contributed by atoms with van der Waals surface area (Å²) in [6.07, 6.45) is 1.67. The quantitative estimate of drug-likeness (QED) is 0.463. The SMILES string of the molecule is CCOCCOCCNC(=O)C1CCN(c2ccc(C(=O)C(C)C)cc2)CC1.[HH]. The van der Waals surface area contributed by atoms with E-state index in [-0.39, 0.29) is 25.0 Å². The van der Waals surface area contributed by atoms with Crippen molar-refractivity contribution in [2.45, 2.75) is 33.6 Å². The van der Waals surface area contributed by atoms with Crippen LogP contribution in [0.2, 0.25) is 0 Å². The minimum Gasteiger partial charge on any atom is -0.379 e. The first-order valence-electron chi connectivity index (χ1n) is 10.3. The van der Waals surface area contributed by atoms with Crippen LogP contribution < -0.4 is 10.2 Å². The summed E-state index contributed by atoms with van der Waals surface area (Å²) in [4.78, 5) is 26.6. The van der Waals surface area contributed by atoms with E-state index in [1.54, 1.807) is 0 Å². The third kappa shape index (κ3) is 6.91. The van der Waals surface area contributed by atoms with Crippen LogP contribution in [-0.2, 0) is 14.3 Å². The average molecular weight is 393 g/mol. The predicted octanol–water partition coefficient (Wildman–Crippen LogP) is 3.16. The Balaban J connectivity index is 0.00000420. The number of hydrogen-bond donors (Lipinski definition) is 1. The monoisotopic (exact) mass is 392 g/mol. The fraction of sp³-hybridized carbons (Fsp3) is 0.636. The van der Waals surface area contributed by atoms with E-state index in [1.807, 2.05) is 45.0 Å². The molecule has 0 aromatic heterocycles. The molecule has 0 spiro atoms. The van der Waals surface area contributed by atoms with Crippen LogP contribution in [0.3, 0.4) is 0 Å². The molecule has 0 radical (unpaired) electrons. The minimum atomic E-state index is 0. The maximum atomic E-state index is 12.3. The summed E-state index contributed by atoms with van der Waals surface area (Å²) < 4.78 is 10.6. The number of anilines is 1. The van der Waals surface area contributed by atoms with E-state index in [2.05, 4.69) is 10.2 Å². The van der Waals surface area contributed by atoms with Gasteiger partial charge < -0.3 is 19.7 Å². The second-order valence-electron chi connectivity index (χ2n) is 7.43. The van der Waals surface area contributed by atoms with Gasteiger partial charge in [-0.3, -0.25) is 9.59 Å². The van der Waals surface area contributed by atoms with Crippen molar-refractivity contribution in [3.8, 4) is 0 Å². The van der Waals surface area contributed by atoms with Crippen LogP contribution in [0, 0.1) is 11.8 Å². The molecule has 1 saturated heterocycles. The van der Waals surface area contributed by atoms with Crippen LogP contribution in [0.4, 0.5) is 5.69 Å². The van der Waals surface area contributed by atoms with E-state index in [4.69, 9.17) is 9.47 Å². The summed E-state index contributed by atoms with van der Waals surface area (Å²) in [5.41, 5.74) is 1.87. The lowest BCUT2D eigenvalue weighted by atomic mass is 9.95. The van der Waals surface area contributed by atoms with Crippen LogP contribution in [-0.4, -0.2) is 57.8 Å². The highest BCUT2D eigenvalue weighted by Gasteiger charge is 2.25. The first kappa shape index (κ1) is 22.4. The summed E-state index contributed by atoms with van der Waals surface area (Å²) in [5.74, 6) is 0.353. The highest BCUT2D eigenvalue weighted by atomic mass is 16.5. The molecule has 0 atom stereocenters. The molecule has 6 nitrogen and oxygen atoms in total. The zero-order valence-corrected chi connectivity index (χ0v) is 17.4. The van der Waals surface area contributed by atoms with Gasteiger partial charge in [-0.15, -0.1) is 0 Å². The fourth-order valence-electron chi connectivity index (χ4n) is 3.32. The molecule has 2 rings (SSSR count). The second kappa shape index (κ2) is 11.8. The van der Waals surface area contributed by atoms with Gasteiger partial charge in [0.15, 0.2) is 5.78 Å². The summed E-state index contributed by atoms with van der Waals surface area (Å²) in [5, 5.41) is 2.97. The van der Waals surface area contributed by atoms with Crippen molar-refractivity contribution in [2.24, 2.45) is 11.8 Å². The highest BCUT2D eigenvalue weighted by molar-refractivity contribution is 5.97. The zero-order chi connectivity index (χ0) is 20.4. The summed E-state index contributed by atoms with van der Waals surface area (Å²) >= 11 is 0. The number of amides is 1. The summed E-state index contributed by atoms with van der Waals surface area (Å²) in [6.45, 7) is 10.4. The van der Waals surface area contributed by atoms with Gasteiger partial charge in [0.2, 0.25) is 5.91 Å². The Kier molecular flexibility index (Phi) is 9.44. The Hall–Kier alpha value is -1.92. The Bertz CT molecular complexity index is 614. The molecule has 1 aliphatic heterocycles. The Morgan fingerprint density at radius 1 is 1.11 bits per heavy atom. The number of ketones is 1. The van der Waals surface area contributed by atoms with Gasteiger partial charge in [0.25, 0.3) is 0 Å². The molecular formula is C22H36N2O4. The molecule has 1 N–H and O–H groups in total. The number of benzene rings is 1. The lowest BCUT2D eigenvalue weighted by molar-refractivity contribution is -0.125. The first-order valence-corrected chi connectivity index (χ1v) is 10.3. The summed E-state index contributed by atoms with van der Waals surface area (Å²) in [6, 6.07) is 7.83. The van der Waals surface area contributed by atoms with E-state index in [0.29, 0.717) is 33.0 Å². The molecule has 1 fully saturated rings. The van der Waals surface area contributed by atoms with Crippen LogP contribution >= 0.6 is 0 Å². The number of nitrogens with one attached hydrogen (secondary N) is 1. The lowest BCUT2D eigenvalue weighted by Gasteiger charge is -2.33. The van der Waals surface area contributed by atoms with Gasteiger partial charge in [-0.05, 0) is 44.0 Å². The minimum absolute atomic E-state index is 0. The molecule has 1 aliphatic rings. The Morgan fingerprint density at radius 2 is 1.75 bits per heavy atom. The molecule has 1 aromatic rings. The number of hydrogen-bond acceptors (Lipinski definition) is 5. The average Bonchev–Trinajstić information content (AvgIpc) is 2.72. The third-order valence-corrected chi connectivity index (χ3v) is 5.03. The normalized spacial score (nSPS) is 15.1. The molecule has 1 heterocycles. The standard InChI is InChI=1S/C22H34N2O4.H2/c1-4-27-15-16-28-14-11-23-22(26)19-9-12-24(13-10-19)20-7-5-18(6-8-20)21(25)17(2)3;/h5-8,17,19H,4,9-16H2,1-3H3,(H,23,26);1H. The number of nitrogens with zero attached hydrogens (tertiary/aromatic N) is 1. The van der Waals surface area contributed by atoms with Crippen molar-refractivity contribution in [1.82, 2.24) is 5.32 Å². The Labute approximate surface area is 170 Å². The van der Waals surface area contributed by atoms with Crippen molar-refractivity contribution < 1.29 is 20.5 Å². The van der Waals surface area contributed by atoms with Gasteiger partial charge in [0.1, 0.15) is 0 Å². The van der Waals surface area contributed by atoms with Crippen molar-refractivity contribution in [3.05, 3.63) is 29.8 Å². The molecular weight excluding hydrogens is 356 g/mol. The molecule has 1 amide bonds. The van der Waals surface area contributed by atoms with Crippen LogP contribution in [0.25, 0.3) is 0 Å². The Morgan fingerprint density at radius 3 is 2.36 bits per heavy atom. The van der Waals surface area contributed by atoms with Gasteiger partial charge in [-0.25, -0.2) is 0 Å². The van der Waals surface area contributed by atoms with Crippen molar-refractivity contribution in [1.29, 1.82) is 0 Å². The van der Waals surface area contributed by atoms with E-state index >= 15 is 0 Å². The van der Waals surface area contributed by atoms with Crippen LogP contribution in [0.5, 0.6) is 0 Å². The van der Waals surface area contributed by atoms with Crippen molar-refractivity contribution in [3.63, 3.8) is 0 Å². The third-order valence-electron chi connectivity index (χ3n) is 5.03. The van der Waals surface area contributed by atoms with Gasteiger partial charge >= 0.3 is 0 Å². The fourth-order valence-corrected chi connectivity index (χ4v) is 3.32. The topological polar surface area (TPSA) is 67.9 Å². The maximum absolute atomic E-state index is 12.3. The van der Waals surface area contributed by atoms with Crippen LogP contribution in [0.1, 0.15) is 45.4 Å². The molecule has 158 valence electrons. The number of piperidine rings is 1. The second-order valence-corrected chi connectivity index (χ2v) is 7.43. The molecule has 28 heavy (non-hydrogen) atoms. The van der Waals surface area contributed by atoms with Crippen molar-refractivity contribution >= 4 is 17.4 Å². The molecule has 1 aromatic carbocycles. The van der Waals surface area contributed by atoms with Gasteiger partial charge in [-0.1, -0.05) is 13.8 Å². The van der Waals surface area contributed by atoms with Gasteiger partial charge in [0.05, 0.1) is 19.8 Å². The van der Waals surface area contributed by atoms with Crippen LogP contribution in [0.15, 0.2) is 24.3 Å². The van der Waals surface area contributed by atoms with E-state index in [9.17, 15) is 9.59 Å². The largest absolute Gasteiger partial charge is 0.379 e. The molecule has 0 bridgehead atoms. The predicted molar refractivity (Wildman–Crippen MR) is 113 cm³/mol. The van der Waals surface area contributed by atoms with Gasteiger partial charge in [0, 0.05) is 50.8 Å². The summed E-state index contributed by atoms with van der Waals surface area (Å²) in [7, 11) is 0. The number of rotatable bonds is 11.